The molecule has 4 rings (SSSR count). The molecule has 6 heteroatoms. The minimum Gasteiger partial charge on any atom is -0.264 e. The zero-order valence-electron chi connectivity index (χ0n) is 10.3. The maximum absolute atomic E-state index is 4.64. The summed E-state index contributed by atoms with van der Waals surface area (Å²) in [4.78, 5) is 12.7. The predicted octanol–water partition coefficient (Wildman–Crippen LogP) is 2.94. The van der Waals surface area contributed by atoms with Crippen molar-refractivity contribution in [3.8, 4) is 16.3 Å². The Morgan fingerprint density at radius 1 is 1.10 bits per heavy atom. The molecule has 0 saturated heterocycles. The third-order valence-corrected chi connectivity index (χ3v) is 4.03. The SMILES string of the molecule is c1cncc(-c2nc3ccc(-n4cncn4)cc3s2)c1. The van der Waals surface area contributed by atoms with Gasteiger partial charge >= 0.3 is 0 Å². The van der Waals surface area contributed by atoms with Crippen molar-refractivity contribution < 1.29 is 0 Å². The molecule has 0 saturated carbocycles. The minimum atomic E-state index is 0.976. The first kappa shape index (κ1) is 11.2. The van der Waals surface area contributed by atoms with Gasteiger partial charge in [0.05, 0.1) is 15.9 Å². The first-order valence-corrected chi connectivity index (χ1v) is 6.88. The van der Waals surface area contributed by atoms with Crippen LogP contribution in [0.15, 0.2) is 55.4 Å². The van der Waals surface area contributed by atoms with Gasteiger partial charge in [0.2, 0.25) is 0 Å². The Morgan fingerprint density at radius 2 is 2.10 bits per heavy atom. The Labute approximate surface area is 118 Å². The average molecular weight is 279 g/mol. The molecule has 0 unspecified atom stereocenters. The topological polar surface area (TPSA) is 56.5 Å². The zero-order valence-corrected chi connectivity index (χ0v) is 11.2. The van der Waals surface area contributed by atoms with Crippen molar-refractivity contribution in [2.24, 2.45) is 0 Å². The lowest BCUT2D eigenvalue weighted by atomic mass is 10.3. The van der Waals surface area contributed by atoms with Crippen LogP contribution in [0.2, 0.25) is 0 Å². The lowest BCUT2D eigenvalue weighted by Gasteiger charge is -1.98. The summed E-state index contributed by atoms with van der Waals surface area (Å²) in [7, 11) is 0. The van der Waals surface area contributed by atoms with E-state index in [-0.39, 0.29) is 0 Å². The second-order valence-corrected chi connectivity index (χ2v) is 5.28. The fourth-order valence-electron chi connectivity index (χ4n) is 2.01. The number of pyridine rings is 1. The van der Waals surface area contributed by atoms with Crippen LogP contribution in [0.5, 0.6) is 0 Å². The Morgan fingerprint density at radius 3 is 2.90 bits per heavy atom. The van der Waals surface area contributed by atoms with Crippen molar-refractivity contribution in [2.45, 2.75) is 0 Å². The quantitative estimate of drug-likeness (QED) is 0.566. The second kappa shape index (κ2) is 4.50. The predicted molar refractivity (Wildman–Crippen MR) is 77.8 cm³/mol. The van der Waals surface area contributed by atoms with Crippen LogP contribution in [0.1, 0.15) is 0 Å². The molecule has 0 spiro atoms. The van der Waals surface area contributed by atoms with Gasteiger partial charge in [-0.05, 0) is 30.3 Å². The number of aromatic nitrogens is 5. The molecule has 0 atom stereocenters. The van der Waals surface area contributed by atoms with Crippen LogP contribution in [0.25, 0.3) is 26.5 Å². The average Bonchev–Trinajstić information content (AvgIpc) is 3.16. The van der Waals surface area contributed by atoms with Crippen LogP contribution >= 0.6 is 11.3 Å². The number of nitrogens with zero attached hydrogens (tertiary/aromatic N) is 5. The summed E-state index contributed by atoms with van der Waals surface area (Å²) in [5, 5.41) is 5.11. The van der Waals surface area contributed by atoms with E-state index in [1.54, 1.807) is 28.5 Å². The first-order valence-electron chi connectivity index (χ1n) is 6.06. The number of thiazole rings is 1. The largest absolute Gasteiger partial charge is 0.264 e. The van der Waals surface area contributed by atoms with E-state index in [0.29, 0.717) is 0 Å². The molecule has 0 aliphatic rings. The highest BCUT2D eigenvalue weighted by Gasteiger charge is 2.07. The van der Waals surface area contributed by atoms with Gasteiger partial charge in [-0.3, -0.25) is 4.98 Å². The molecule has 0 bridgehead atoms. The normalized spacial score (nSPS) is 11.0. The Bertz CT molecular complexity index is 852. The Balaban J connectivity index is 1.84. The molecular formula is C14H9N5S. The molecule has 20 heavy (non-hydrogen) atoms. The van der Waals surface area contributed by atoms with Gasteiger partial charge in [-0.15, -0.1) is 11.3 Å². The number of benzene rings is 1. The standard InChI is InChI=1S/C14H9N5S/c1-2-10(7-15-5-1)14-18-12-4-3-11(6-13(12)20-14)19-9-16-8-17-19/h1-9H. The third-order valence-electron chi connectivity index (χ3n) is 2.96. The minimum absolute atomic E-state index is 0.976. The van der Waals surface area contributed by atoms with Gasteiger partial charge < -0.3 is 0 Å². The molecule has 0 amide bonds. The van der Waals surface area contributed by atoms with Gasteiger partial charge in [-0.1, -0.05) is 0 Å². The van der Waals surface area contributed by atoms with E-state index in [1.807, 2.05) is 30.5 Å². The molecule has 0 aliphatic carbocycles. The van der Waals surface area contributed by atoms with Gasteiger partial charge in [0.15, 0.2) is 0 Å². The third kappa shape index (κ3) is 1.86. The summed E-state index contributed by atoms with van der Waals surface area (Å²) in [6.45, 7) is 0. The van der Waals surface area contributed by atoms with Crippen molar-refractivity contribution in [1.82, 2.24) is 24.7 Å². The van der Waals surface area contributed by atoms with Gasteiger partial charge in [0, 0.05) is 18.0 Å². The highest BCUT2D eigenvalue weighted by molar-refractivity contribution is 7.21. The van der Waals surface area contributed by atoms with Gasteiger partial charge in [-0.2, -0.15) is 5.10 Å². The maximum Gasteiger partial charge on any atom is 0.138 e. The summed E-state index contributed by atoms with van der Waals surface area (Å²) < 4.78 is 2.86. The summed E-state index contributed by atoms with van der Waals surface area (Å²) in [6.07, 6.45) is 6.80. The fourth-order valence-corrected chi connectivity index (χ4v) is 3.00. The van der Waals surface area contributed by atoms with Crippen LogP contribution in [0.4, 0.5) is 0 Å². The highest BCUT2D eigenvalue weighted by atomic mass is 32.1. The number of hydrogen-bond donors (Lipinski definition) is 0. The summed E-state index contributed by atoms with van der Waals surface area (Å²) in [5.74, 6) is 0. The molecular weight excluding hydrogens is 270 g/mol. The Hall–Kier alpha value is -2.60. The summed E-state index contributed by atoms with van der Waals surface area (Å²) >= 11 is 1.65. The van der Waals surface area contributed by atoms with Gasteiger partial charge in [-0.25, -0.2) is 14.6 Å². The van der Waals surface area contributed by atoms with Crippen LogP contribution in [-0.2, 0) is 0 Å². The zero-order chi connectivity index (χ0) is 13.4. The van der Waals surface area contributed by atoms with Crippen molar-refractivity contribution in [2.75, 3.05) is 0 Å². The monoisotopic (exact) mass is 279 g/mol. The van der Waals surface area contributed by atoms with Crippen LogP contribution in [0, 0.1) is 0 Å². The molecule has 4 aromatic rings. The van der Waals surface area contributed by atoms with E-state index in [2.05, 4.69) is 26.1 Å². The van der Waals surface area contributed by atoms with Gasteiger partial charge in [0.1, 0.15) is 17.7 Å². The van der Waals surface area contributed by atoms with Gasteiger partial charge in [0.25, 0.3) is 0 Å². The smallest absolute Gasteiger partial charge is 0.138 e. The molecule has 0 N–H and O–H groups in total. The maximum atomic E-state index is 4.64. The molecule has 5 nitrogen and oxygen atoms in total. The first-order chi connectivity index (χ1) is 9.90. The number of hydrogen-bond acceptors (Lipinski definition) is 5. The van der Waals surface area contributed by atoms with E-state index in [0.717, 1.165) is 26.5 Å². The van der Waals surface area contributed by atoms with Crippen molar-refractivity contribution in [3.63, 3.8) is 0 Å². The van der Waals surface area contributed by atoms with E-state index >= 15 is 0 Å². The molecule has 96 valence electrons. The lowest BCUT2D eigenvalue weighted by Crippen LogP contribution is -1.92. The molecule has 1 aromatic carbocycles. The van der Waals surface area contributed by atoms with Crippen LogP contribution in [-0.4, -0.2) is 24.7 Å². The lowest BCUT2D eigenvalue weighted by molar-refractivity contribution is 0.880. The van der Waals surface area contributed by atoms with Crippen molar-refractivity contribution >= 4 is 21.6 Å². The molecule has 3 aromatic heterocycles. The van der Waals surface area contributed by atoms with Crippen LogP contribution < -0.4 is 0 Å². The molecule has 0 radical (unpaired) electrons. The van der Waals surface area contributed by atoms with Crippen molar-refractivity contribution in [3.05, 3.63) is 55.4 Å². The Kier molecular flexibility index (Phi) is 2.53. The molecule has 3 heterocycles. The summed E-state index contributed by atoms with van der Waals surface area (Å²) in [6, 6.07) is 10.00. The van der Waals surface area contributed by atoms with E-state index < -0.39 is 0 Å². The highest BCUT2D eigenvalue weighted by Crippen LogP contribution is 2.30. The number of fused-ring (bicyclic) bond motifs is 1. The fraction of sp³-hybridized carbons (Fsp3) is 0. The number of rotatable bonds is 2. The summed E-state index contributed by atoms with van der Waals surface area (Å²) in [5.41, 5.74) is 3.00. The molecule has 0 aliphatic heterocycles. The molecule has 0 fully saturated rings. The second-order valence-electron chi connectivity index (χ2n) is 4.25. The van der Waals surface area contributed by atoms with Crippen molar-refractivity contribution in [1.29, 1.82) is 0 Å². The van der Waals surface area contributed by atoms with Crippen LogP contribution in [0.3, 0.4) is 0 Å². The van der Waals surface area contributed by atoms with E-state index in [1.165, 1.54) is 6.33 Å². The van der Waals surface area contributed by atoms with E-state index in [4.69, 9.17) is 0 Å². The van der Waals surface area contributed by atoms with E-state index in [9.17, 15) is 0 Å².